The van der Waals surface area contributed by atoms with Crippen LogP contribution in [0.25, 0.3) is 10.8 Å². The van der Waals surface area contributed by atoms with Gasteiger partial charge in [-0.3, -0.25) is 4.90 Å². The number of phenols is 1. The molecule has 1 saturated carbocycles. The smallest absolute Gasteiger partial charge is 0.410 e. The Morgan fingerprint density at radius 2 is 1.64 bits per heavy atom. The van der Waals surface area contributed by atoms with Gasteiger partial charge >= 0.3 is 6.09 Å². The highest BCUT2D eigenvalue weighted by atomic mass is 16.8. The normalized spacial score (nSPS) is 24.9. The van der Waals surface area contributed by atoms with E-state index in [1.54, 1.807) is 12.1 Å². The molecule has 2 aliphatic heterocycles. The maximum absolute atomic E-state index is 15.2. The second kappa shape index (κ2) is 25.8. The van der Waals surface area contributed by atoms with Crippen LogP contribution in [0.5, 0.6) is 11.5 Å². The summed E-state index contributed by atoms with van der Waals surface area (Å²) in [6.07, 6.45) is 22.4. The summed E-state index contributed by atoms with van der Waals surface area (Å²) >= 11 is 0. The molecule has 11 heteroatoms. The molecule has 1 unspecified atom stereocenters. The molecule has 3 aromatic carbocycles. The summed E-state index contributed by atoms with van der Waals surface area (Å²) in [5, 5.41) is 38.2. The molecular formula is C56H78N2O9. The molecule has 1 amide bonds. The highest BCUT2D eigenvalue weighted by Crippen LogP contribution is 2.62. The Hall–Kier alpha value is -4.42. The molecule has 3 aromatic rings. The van der Waals surface area contributed by atoms with Crippen LogP contribution in [-0.4, -0.2) is 83.2 Å². The van der Waals surface area contributed by atoms with Crippen molar-refractivity contribution >= 4 is 22.6 Å². The number of carbonyl (C=O) groups is 1. The Balaban J connectivity index is 1.32. The van der Waals surface area contributed by atoms with Crippen molar-refractivity contribution in [2.45, 2.75) is 166 Å². The van der Waals surface area contributed by atoms with E-state index in [-0.39, 0.29) is 56.3 Å². The van der Waals surface area contributed by atoms with Crippen LogP contribution in [-0.2, 0) is 25.6 Å². The van der Waals surface area contributed by atoms with Crippen molar-refractivity contribution in [3.8, 4) is 11.5 Å². The maximum atomic E-state index is 15.2. The summed E-state index contributed by atoms with van der Waals surface area (Å²) < 4.78 is 27.0. The van der Waals surface area contributed by atoms with Crippen molar-refractivity contribution in [2.75, 3.05) is 33.0 Å². The Bertz CT molecular complexity index is 2080. The van der Waals surface area contributed by atoms with Gasteiger partial charge in [0.1, 0.15) is 17.5 Å². The topological polar surface area (TPSA) is 140 Å². The average molecular weight is 923 g/mol. The number of hydrogen-bond acceptors (Lipinski definition) is 10. The van der Waals surface area contributed by atoms with Gasteiger partial charge in [0, 0.05) is 37.5 Å². The molecular weight excluding hydrogens is 845 g/mol. The van der Waals surface area contributed by atoms with Crippen molar-refractivity contribution in [3.05, 3.63) is 96.1 Å². The Kier molecular flexibility index (Phi) is 19.4. The van der Waals surface area contributed by atoms with Gasteiger partial charge in [-0.15, -0.1) is 6.58 Å². The molecule has 366 valence electrons. The molecule has 67 heavy (non-hydrogen) atoms. The van der Waals surface area contributed by atoms with Gasteiger partial charge in [0.15, 0.2) is 0 Å². The molecule has 7 atom stereocenters. The fourth-order valence-corrected chi connectivity index (χ4v) is 11.3. The van der Waals surface area contributed by atoms with E-state index in [2.05, 4.69) is 43.8 Å². The summed E-state index contributed by atoms with van der Waals surface area (Å²) in [6, 6.07) is 19.0. The molecule has 7 rings (SSSR count). The first-order chi connectivity index (χ1) is 32.9. The molecule has 2 aliphatic carbocycles. The van der Waals surface area contributed by atoms with Crippen LogP contribution in [0.3, 0.4) is 0 Å². The lowest BCUT2D eigenvalue weighted by atomic mass is 9.55. The number of benzene rings is 3. The molecule has 2 heterocycles. The molecule has 2 fully saturated rings. The van der Waals surface area contributed by atoms with Crippen LogP contribution in [0, 0.1) is 17.8 Å². The molecule has 0 bridgehead atoms. The standard InChI is InChI=1S/C56H78N2O9/c1-3-5-6-7-8-9-10-11-12-20-36-64-55(62)58(40-43-26-22-25-41-23-13-14-27-45(41)43)51-39-49(57-67-52-29-17-21-35-63-52)47-37-42(24-15-18-32-59)46(28-16-19-33-60)53-48-38-44(61)30-31-50(48)66-56(51,54(47)53)65-34-4-2/h4,13-14,22-23,25-27,30-31,37-38,42,46,51-54,59-61H,2-3,5-12,15-21,24,28-29,32-36,39-40H2,1H3/t42-,46+,51-,52?,53+,54+,56+/m0/s1. The van der Waals surface area contributed by atoms with E-state index in [1.807, 2.05) is 35.2 Å². The molecule has 11 nitrogen and oxygen atoms in total. The zero-order valence-electron chi connectivity index (χ0n) is 40.2. The zero-order valence-corrected chi connectivity index (χ0v) is 40.2. The number of fused-ring (bicyclic) bond motifs is 3. The molecule has 1 saturated heterocycles. The number of rotatable bonds is 27. The first-order valence-corrected chi connectivity index (χ1v) is 25.9. The number of unbranched alkanes of at least 4 members (excludes halogenated alkanes) is 11. The van der Waals surface area contributed by atoms with Crippen LogP contribution in [0.2, 0.25) is 0 Å². The summed E-state index contributed by atoms with van der Waals surface area (Å²) in [4.78, 5) is 23.4. The number of oxime groups is 1. The van der Waals surface area contributed by atoms with Crippen molar-refractivity contribution in [3.63, 3.8) is 0 Å². The molecule has 0 radical (unpaired) electrons. The van der Waals surface area contributed by atoms with Gasteiger partial charge < -0.3 is 39.1 Å². The second-order valence-corrected chi connectivity index (χ2v) is 19.3. The lowest BCUT2D eigenvalue weighted by Crippen LogP contribution is -2.70. The van der Waals surface area contributed by atoms with E-state index in [4.69, 9.17) is 28.9 Å². The number of allylic oxidation sites excluding steroid dienone is 1. The Morgan fingerprint density at radius 1 is 0.896 bits per heavy atom. The maximum Gasteiger partial charge on any atom is 0.410 e. The van der Waals surface area contributed by atoms with Gasteiger partial charge in [-0.05, 0) is 96.9 Å². The van der Waals surface area contributed by atoms with Crippen LogP contribution >= 0.6 is 0 Å². The van der Waals surface area contributed by atoms with Gasteiger partial charge in [-0.25, -0.2) is 4.79 Å². The minimum absolute atomic E-state index is 0.0348. The van der Waals surface area contributed by atoms with E-state index < -0.39 is 30.1 Å². The van der Waals surface area contributed by atoms with Gasteiger partial charge in [0.2, 0.25) is 12.1 Å². The van der Waals surface area contributed by atoms with Crippen molar-refractivity contribution in [1.29, 1.82) is 0 Å². The Morgan fingerprint density at radius 3 is 2.39 bits per heavy atom. The lowest BCUT2D eigenvalue weighted by Gasteiger charge is -2.59. The highest BCUT2D eigenvalue weighted by molar-refractivity contribution is 6.03. The SMILES string of the molecule is C=CCO[C@@]12Oc3ccc(O)cc3[C@H]3[C@H](CCCCO)[C@@H](CCCCO)C=C(C(=NOC4CCCCO4)C[C@@H]1N(Cc1cccc4ccccc14)C(=O)OCCCCCCCCCCCC)[C@H]32. The zero-order chi connectivity index (χ0) is 46.9. The number of phenolic OH excluding ortho intramolecular Hbond substituents is 1. The summed E-state index contributed by atoms with van der Waals surface area (Å²) in [7, 11) is 0. The Labute approximate surface area is 399 Å². The molecule has 3 N–H and O–H groups in total. The number of hydrogen-bond donors (Lipinski definition) is 3. The number of carbonyl (C=O) groups excluding carboxylic acids is 1. The average Bonchev–Trinajstić information content (AvgIpc) is 3.35. The van der Waals surface area contributed by atoms with Crippen LogP contribution in [0.1, 0.15) is 152 Å². The van der Waals surface area contributed by atoms with E-state index in [1.165, 1.54) is 44.9 Å². The third-order valence-electron chi connectivity index (χ3n) is 14.6. The van der Waals surface area contributed by atoms with Gasteiger partial charge in [-0.2, -0.15) is 0 Å². The summed E-state index contributed by atoms with van der Waals surface area (Å²) in [5.41, 5.74) is 3.47. The molecule has 4 aliphatic rings. The fraction of sp³-hybridized carbons (Fsp3) is 0.607. The summed E-state index contributed by atoms with van der Waals surface area (Å²) in [6.45, 7) is 7.79. The van der Waals surface area contributed by atoms with Crippen LogP contribution in [0.4, 0.5) is 4.79 Å². The van der Waals surface area contributed by atoms with E-state index >= 15 is 4.79 Å². The van der Waals surface area contributed by atoms with Gasteiger partial charge in [0.25, 0.3) is 0 Å². The largest absolute Gasteiger partial charge is 0.508 e. The number of amides is 1. The number of aromatic hydroxyl groups is 1. The minimum atomic E-state index is -1.46. The molecule has 0 spiro atoms. The predicted octanol–water partition coefficient (Wildman–Crippen LogP) is 12.3. The van der Waals surface area contributed by atoms with E-state index in [9.17, 15) is 15.3 Å². The minimum Gasteiger partial charge on any atom is -0.508 e. The fourth-order valence-electron chi connectivity index (χ4n) is 11.3. The summed E-state index contributed by atoms with van der Waals surface area (Å²) in [5.74, 6) is -1.39. The second-order valence-electron chi connectivity index (χ2n) is 19.3. The van der Waals surface area contributed by atoms with Crippen molar-refractivity contribution in [1.82, 2.24) is 4.90 Å². The lowest BCUT2D eigenvalue weighted by molar-refractivity contribution is -0.256. The highest BCUT2D eigenvalue weighted by Gasteiger charge is 2.65. The van der Waals surface area contributed by atoms with Crippen LogP contribution in [0.15, 0.2) is 90.1 Å². The van der Waals surface area contributed by atoms with E-state index in [0.717, 1.165) is 91.7 Å². The monoisotopic (exact) mass is 923 g/mol. The number of aliphatic hydroxyl groups is 2. The predicted molar refractivity (Wildman–Crippen MR) is 264 cm³/mol. The molecule has 0 aromatic heterocycles. The quantitative estimate of drug-likeness (QED) is 0.0387. The third-order valence-corrected chi connectivity index (χ3v) is 14.6. The van der Waals surface area contributed by atoms with Crippen LogP contribution < -0.4 is 4.74 Å². The van der Waals surface area contributed by atoms with Crippen molar-refractivity contribution in [2.24, 2.45) is 22.9 Å². The van der Waals surface area contributed by atoms with E-state index in [0.29, 0.717) is 37.5 Å². The first-order valence-electron chi connectivity index (χ1n) is 25.9. The number of aliphatic hydroxyl groups excluding tert-OH is 2. The van der Waals surface area contributed by atoms with Gasteiger partial charge in [-0.1, -0.05) is 137 Å². The van der Waals surface area contributed by atoms with Crippen molar-refractivity contribution < 1.29 is 43.9 Å². The third kappa shape index (κ3) is 12.6. The number of ether oxygens (including phenoxy) is 4. The first kappa shape index (κ1) is 50.5. The van der Waals surface area contributed by atoms with Gasteiger partial charge in [0.05, 0.1) is 38.0 Å². The number of nitrogens with zero attached hydrogens (tertiary/aromatic N) is 2.